The van der Waals surface area contributed by atoms with Crippen LogP contribution in [0.15, 0.2) is 6.20 Å². The Bertz CT molecular complexity index is 489. The fraction of sp³-hybridized carbons (Fsp3) is 0.583. The van der Waals surface area contributed by atoms with Crippen molar-refractivity contribution in [2.24, 2.45) is 17.8 Å². The summed E-state index contributed by atoms with van der Waals surface area (Å²) in [6, 6.07) is 0. The number of aromatic nitrogens is 1. The lowest BCUT2D eigenvalue weighted by Gasteiger charge is -2.15. The first kappa shape index (κ1) is 11.6. The van der Waals surface area contributed by atoms with E-state index in [1.807, 2.05) is 0 Å². The zero-order valence-electron chi connectivity index (χ0n) is 10.1. The molecule has 2 unspecified atom stereocenters. The molecule has 2 heterocycles. The van der Waals surface area contributed by atoms with E-state index in [0.29, 0.717) is 17.6 Å². The molecule has 0 spiro atoms. The number of thiazole rings is 1. The lowest BCUT2D eigenvalue weighted by atomic mass is 10.00. The van der Waals surface area contributed by atoms with E-state index in [2.05, 4.69) is 11.9 Å². The molecule has 1 aromatic heterocycles. The van der Waals surface area contributed by atoms with Gasteiger partial charge in [0.2, 0.25) is 11.8 Å². The predicted octanol–water partition coefficient (Wildman–Crippen LogP) is 1.26. The van der Waals surface area contributed by atoms with Crippen LogP contribution in [0.1, 0.15) is 24.6 Å². The molecule has 1 saturated heterocycles. The van der Waals surface area contributed by atoms with Gasteiger partial charge < -0.3 is 5.73 Å². The highest BCUT2D eigenvalue weighted by molar-refractivity contribution is 7.15. The lowest BCUT2D eigenvalue weighted by molar-refractivity contribution is -0.141. The van der Waals surface area contributed by atoms with Gasteiger partial charge in [-0.1, -0.05) is 6.92 Å². The van der Waals surface area contributed by atoms with Crippen LogP contribution in [0.5, 0.6) is 0 Å². The largest absolute Gasteiger partial charge is 0.375 e. The monoisotopic (exact) mass is 265 g/mol. The molecule has 1 aliphatic carbocycles. The van der Waals surface area contributed by atoms with E-state index in [0.717, 1.165) is 17.7 Å². The number of hydrogen-bond acceptors (Lipinski definition) is 5. The van der Waals surface area contributed by atoms with Gasteiger partial charge in [-0.15, -0.1) is 11.3 Å². The Morgan fingerprint density at radius 1 is 1.39 bits per heavy atom. The second-order valence-corrected chi connectivity index (χ2v) is 6.36. The standard InChI is InChI=1S/C12H15N3O2S/c1-6-2-8-9(3-6)11(17)15(10(8)16)5-7-4-14-12(13)18-7/h4,6,8-9H,2-3,5H2,1H3,(H2,13,14). The Balaban J connectivity index is 1.79. The van der Waals surface area contributed by atoms with Crippen LogP contribution in [0.2, 0.25) is 0 Å². The third-order valence-corrected chi connectivity index (χ3v) is 4.66. The molecule has 0 bridgehead atoms. The number of nitrogens with zero attached hydrogens (tertiary/aromatic N) is 2. The van der Waals surface area contributed by atoms with Crippen LogP contribution >= 0.6 is 11.3 Å². The van der Waals surface area contributed by atoms with Gasteiger partial charge in [-0.3, -0.25) is 14.5 Å². The van der Waals surface area contributed by atoms with E-state index in [9.17, 15) is 9.59 Å². The fourth-order valence-corrected chi connectivity index (χ4v) is 3.73. The van der Waals surface area contributed by atoms with Gasteiger partial charge in [-0.25, -0.2) is 4.98 Å². The average molecular weight is 265 g/mol. The molecular weight excluding hydrogens is 250 g/mol. The maximum atomic E-state index is 12.2. The summed E-state index contributed by atoms with van der Waals surface area (Å²) in [4.78, 5) is 30.6. The first-order valence-electron chi connectivity index (χ1n) is 6.11. The molecule has 2 atom stereocenters. The van der Waals surface area contributed by atoms with Crippen molar-refractivity contribution in [3.8, 4) is 0 Å². The third-order valence-electron chi connectivity index (χ3n) is 3.85. The molecule has 3 rings (SSSR count). The summed E-state index contributed by atoms with van der Waals surface area (Å²) >= 11 is 1.33. The molecule has 1 aliphatic heterocycles. The Morgan fingerprint density at radius 2 is 2.00 bits per heavy atom. The second kappa shape index (κ2) is 4.05. The van der Waals surface area contributed by atoms with Crippen LogP contribution in [0.25, 0.3) is 0 Å². The van der Waals surface area contributed by atoms with E-state index in [-0.39, 0.29) is 23.7 Å². The number of nitrogens with two attached hydrogens (primary N) is 1. The molecule has 2 N–H and O–H groups in total. The number of fused-ring (bicyclic) bond motifs is 1. The topological polar surface area (TPSA) is 76.3 Å². The van der Waals surface area contributed by atoms with Gasteiger partial charge in [0.15, 0.2) is 5.13 Å². The Hall–Kier alpha value is -1.43. The van der Waals surface area contributed by atoms with Crippen LogP contribution < -0.4 is 5.73 Å². The van der Waals surface area contributed by atoms with Gasteiger partial charge in [0.25, 0.3) is 0 Å². The quantitative estimate of drug-likeness (QED) is 0.817. The van der Waals surface area contributed by atoms with Gasteiger partial charge in [0.05, 0.1) is 18.4 Å². The third kappa shape index (κ3) is 1.71. The predicted molar refractivity (Wildman–Crippen MR) is 67.5 cm³/mol. The molecule has 1 aromatic rings. The highest BCUT2D eigenvalue weighted by atomic mass is 32.1. The van der Waals surface area contributed by atoms with Crippen LogP contribution in [-0.2, 0) is 16.1 Å². The summed E-state index contributed by atoms with van der Waals surface area (Å²) in [5.41, 5.74) is 5.55. The van der Waals surface area contributed by atoms with E-state index in [4.69, 9.17) is 5.73 Å². The first-order valence-corrected chi connectivity index (χ1v) is 6.93. The van der Waals surface area contributed by atoms with Gasteiger partial charge in [0.1, 0.15) is 0 Å². The van der Waals surface area contributed by atoms with Crippen molar-refractivity contribution in [2.75, 3.05) is 5.73 Å². The summed E-state index contributed by atoms with van der Waals surface area (Å²) in [6.07, 6.45) is 3.32. The van der Waals surface area contributed by atoms with E-state index >= 15 is 0 Å². The Kier molecular flexibility index (Phi) is 2.62. The summed E-state index contributed by atoms with van der Waals surface area (Å²) in [5, 5.41) is 0.470. The van der Waals surface area contributed by atoms with Crippen LogP contribution in [-0.4, -0.2) is 21.7 Å². The maximum absolute atomic E-state index is 12.2. The maximum Gasteiger partial charge on any atom is 0.233 e. The molecule has 18 heavy (non-hydrogen) atoms. The molecule has 2 aliphatic rings. The van der Waals surface area contributed by atoms with Crippen LogP contribution in [0, 0.1) is 17.8 Å². The minimum atomic E-state index is -0.0854. The minimum absolute atomic E-state index is 0.0127. The molecule has 0 radical (unpaired) electrons. The van der Waals surface area contributed by atoms with Crippen molar-refractivity contribution in [2.45, 2.75) is 26.3 Å². The number of hydrogen-bond donors (Lipinski definition) is 1. The lowest BCUT2D eigenvalue weighted by Crippen LogP contribution is -2.31. The van der Waals surface area contributed by atoms with Crippen molar-refractivity contribution in [3.05, 3.63) is 11.1 Å². The van der Waals surface area contributed by atoms with Crippen molar-refractivity contribution in [1.82, 2.24) is 9.88 Å². The van der Waals surface area contributed by atoms with Crippen LogP contribution in [0.4, 0.5) is 5.13 Å². The normalized spacial score (nSPS) is 31.2. The molecule has 96 valence electrons. The number of imide groups is 1. The number of amides is 2. The fourth-order valence-electron chi connectivity index (χ4n) is 3.05. The summed E-state index contributed by atoms with van der Waals surface area (Å²) < 4.78 is 0. The Morgan fingerprint density at radius 3 is 2.50 bits per heavy atom. The van der Waals surface area contributed by atoms with Gasteiger partial charge in [0, 0.05) is 11.1 Å². The van der Waals surface area contributed by atoms with E-state index in [1.54, 1.807) is 6.20 Å². The summed E-state index contributed by atoms with van der Waals surface area (Å²) in [7, 11) is 0. The molecular formula is C12H15N3O2S. The number of anilines is 1. The highest BCUT2D eigenvalue weighted by Crippen LogP contribution is 2.43. The first-order chi connectivity index (χ1) is 8.56. The number of carbonyl (C=O) groups excluding carboxylic acids is 2. The number of rotatable bonds is 2. The Labute approximate surface area is 109 Å². The van der Waals surface area contributed by atoms with E-state index in [1.165, 1.54) is 16.2 Å². The molecule has 0 aromatic carbocycles. The molecule has 5 nitrogen and oxygen atoms in total. The van der Waals surface area contributed by atoms with Crippen molar-refractivity contribution >= 4 is 28.3 Å². The average Bonchev–Trinajstić information content (AvgIpc) is 2.95. The molecule has 6 heteroatoms. The number of nitrogen functional groups attached to an aromatic ring is 1. The summed E-state index contributed by atoms with van der Waals surface area (Å²) in [6.45, 7) is 2.43. The van der Waals surface area contributed by atoms with Gasteiger partial charge >= 0.3 is 0 Å². The van der Waals surface area contributed by atoms with Gasteiger partial charge in [-0.05, 0) is 18.8 Å². The molecule has 2 fully saturated rings. The zero-order valence-corrected chi connectivity index (χ0v) is 10.9. The SMILES string of the molecule is CC1CC2C(=O)N(Cc3cnc(N)s3)C(=O)C2C1. The number of likely N-dealkylation sites (tertiary alicyclic amines) is 1. The van der Waals surface area contributed by atoms with E-state index < -0.39 is 0 Å². The number of carbonyl (C=O) groups is 2. The zero-order chi connectivity index (χ0) is 12.9. The summed E-state index contributed by atoms with van der Waals surface area (Å²) in [5.74, 6) is 0.285. The van der Waals surface area contributed by atoms with Gasteiger partial charge in [-0.2, -0.15) is 0 Å². The van der Waals surface area contributed by atoms with Crippen molar-refractivity contribution < 1.29 is 9.59 Å². The van der Waals surface area contributed by atoms with Crippen LogP contribution in [0.3, 0.4) is 0 Å². The van der Waals surface area contributed by atoms with Crippen molar-refractivity contribution in [1.29, 1.82) is 0 Å². The highest BCUT2D eigenvalue weighted by Gasteiger charge is 2.51. The van der Waals surface area contributed by atoms with Crippen molar-refractivity contribution in [3.63, 3.8) is 0 Å². The molecule has 2 amide bonds. The minimum Gasteiger partial charge on any atom is -0.375 e. The smallest absolute Gasteiger partial charge is 0.233 e. The second-order valence-electron chi connectivity index (χ2n) is 5.22. The molecule has 1 saturated carbocycles.